The van der Waals surface area contributed by atoms with Crippen LogP contribution in [-0.4, -0.2) is 74.3 Å². The number of carbonyl (C=O) groups excluding carboxylic acids is 2. The molecule has 0 bridgehead atoms. The second-order valence-corrected chi connectivity index (χ2v) is 20.7. The van der Waals surface area contributed by atoms with E-state index in [2.05, 4.69) is 74.7 Å². The molecule has 70 heavy (non-hydrogen) atoms. The number of hydrogen-bond acceptors (Lipinski definition) is 6. The molecule has 0 aromatic rings. The molecule has 0 heterocycles. The number of esters is 1. The number of rotatable bonds is 47. The molecule has 2 N–H and O–H groups in total. The van der Waals surface area contributed by atoms with Crippen LogP contribution in [0.25, 0.3) is 0 Å². The first kappa shape index (κ1) is 66.4. The maximum absolute atomic E-state index is 13.5. The standard InChI is InChI=1S/C60H101N2O7P/c1-7-10-13-16-19-22-25-28-30-31-33-35-38-41-44-47-50-53-60(64)69-58(51-48-45-42-39-36-27-24-21-18-15-12-9-3)57(56-68-70(65,66)67-55-54-62(4,5)6)61-59(63)52-49-46-43-40-37-34-32-29-26-23-20-17-14-11-8-2/h10-11,13-14,16-17,19-20,22-23,25-26,28,30-31,33,35,38,48,51,57-58H,7-9,12,15,18,21,24,27,29,32,34,36-37,39-47,49-50,52-56H2,1-6H3,(H-,61,63,65,66)/p+1/b13-10-,14-11+,19-16+,20-17+,25-22+,26-23+,30-28-,33-31+,38-35+,51-48+. The van der Waals surface area contributed by atoms with E-state index in [0.717, 1.165) is 83.5 Å². The predicted molar refractivity (Wildman–Crippen MR) is 300 cm³/mol. The number of unbranched alkanes of at least 4 members (excludes halogenated alkanes) is 20. The molecule has 0 saturated carbocycles. The Morgan fingerprint density at radius 2 is 0.914 bits per heavy atom. The SMILES string of the molecule is CC\C=C/C=C/C=C/C=C\C=C\C=C\CCCCCC(=O)OC(/C=C/CCCCCCCCCCCC)C(COP(=O)(O)OCC[N+](C)(C)C)NC(=O)CCCCCCCCC/C=C/C=C/C=C/CC. The third-order valence-corrected chi connectivity index (χ3v) is 12.4. The minimum Gasteiger partial charge on any atom is -0.456 e. The second kappa shape index (κ2) is 49.0. The summed E-state index contributed by atoms with van der Waals surface area (Å²) in [6.45, 7) is 6.66. The van der Waals surface area contributed by atoms with Gasteiger partial charge in [-0.05, 0) is 70.3 Å². The molecule has 1 amide bonds. The minimum absolute atomic E-state index is 0.0228. The van der Waals surface area contributed by atoms with Gasteiger partial charge in [-0.3, -0.25) is 18.6 Å². The number of quaternary nitrogens is 1. The Labute approximate surface area is 429 Å². The number of amides is 1. The lowest BCUT2D eigenvalue weighted by atomic mass is 10.0. The quantitative estimate of drug-likeness (QED) is 0.0156. The summed E-state index contributed by atoms with van der Waals surface area (Å²) >= 11 is 0. The highest BCUT2D eigenvalue weighted by Crippen LogP contribution is 2.43. The van der Waals surface area contributed by atoms with Gasteiger partial charge in [0.05, 0.1) is 33.8 Å². The molecule has 0 fully saturated rings. The summed E-state index contributed by atoms with van der Waals surface area (Å²) in [5, 5.41) is 3.02. The second-order valence-electron chi connectivity index (χ2n) is 19.2. The van der Waals surface area contributed by atoms with E-state index >= 15 is 0 Å². The lowest BCUT2D eigenvalue weighted by molar-refractivity contribution is -0.870. The van der Waals surface area contributed by atoms with Crippen molar-refractivity contribution in [1.29, 1.82) is 0 Å². The number of ether oxygens (including phenoxy) is 1. The van der Waals surface area contributed by atoms with Gasteiger partial charge in [0.25, 0.3) is 0 Å². The van der Waals surface area contributed by atoms with Crippen molar-refractivity contribution in [1.82, 2.24) is 5.32 Å². The maximum Gasteiger partial charge on any atom is 0.472 e. The van der Waals surface area contributed by atoms with Crippen LogP contribution in [0.4, 0.5) is 0 Å². The highest BCUT2D eigenvalue weighted by molar-refractivity contribution is 7.47. The van der Waals surface area contributed by atoms with Gasteiger partial charge < -0.3 is 19.4 Å². The molecule has 0 aromatic heterocycles. The number of phosphoric acid groups is 1. The van der Waals surface area contributed by atoms with E-state index in [4.69, 9.17) is 13.8 Å². The van der Waals surface area contributed by atoms with Crippen molar-refractivity contribution in [3.63, 3.8) is 0 Å². The zero-order valence-corrected chi connectivity index (χ0v) is 46.1. The van der Waals surface area contributed by atoms with Gasteiger partial charge in [0, 0.05) is 12.8 Å². The molecule has 0 aliphatic heterocycles. The number of allylic oxidation sites excluding steroid dienone is 19. The number of carbonyl (C=O) groups is 2. The van der Waals surface area contributed by atoms with Gasteiger partial charge in [-0.25, -0.2) is 4.57 Å². The first-order valence-electron chi connectivity index (χ1n) is 27.5. The van der Waals surface area contributed by atoms with Crippen molar-refractivity contribution in [3.05, 3.63) is 122 Å². The van der Waals surface area contributed by atoms with Gasteiger partial charge in [-0.15, -0.1) is 0 Å². The van der Waals surface area contributed by atoms with Crippen molar-refractivity contribution in [2.24, 2.45) is 0 Å². The van der Waals surface area contributed by atoms with Crippen molar-refractivity contribution < 1.29 is 37.3 Å². The average molecular weight is 994 g/mol. The molecular weight excluding hydrogens is 892 g/mol. The van der Waals surface area contributed by atoms with Crippen LogP contribution in [0.15, 0.2) is 122 Å². The smallest absolute Gasteiger partial charge is 0.456 e. The fourth-order valence-electron chi connectivity index (χ4n) is 7.15. The highest BCUT2D eigenvalue weighted by Gasteiger charge is 2.30. The van der Waals surface area contributed by atoms with Gasteiger partial charge in [0.15, 0.2) is 0 Å². The van der Waals surface area contributed by atoms with Crippen molar-refractivity contribution in [2.45, 2.75) is 206 Å². The Kier molecular flexibility index (Phi) is 46.5. The molecule has 10 heteroatoms. The molecule has 0 saturated heterocycles. The molecule has 398 valence electrons. The third-order valence-electron chi connectivity index (χ3n) is 11.4. The van der Waals surface area contributed by atoms with Gasteiger partial charge in [-0.2, -0.15) is 0 Å². The molecule has 9 nitrogen and oxygen atoms in total. The minimum atomic E-state index is -4.46. The van der Waals surface area contributed by atoms with Crippen LogP contribution in [0.1, 0.15) is 194 Å². The lowest BCUT2D eigenvalue weighted by Crippen LogP contribution is -2.47. The molecule has 0 aliphatic rings. The summed E-state index contributed by atoms with van der Waals surface area (Å²) in [6.07, 6.45) is 67.6. The fraction of sp³-hybridized carbons (Fsp3) is 0.633. The number of nitrogens with one attached hydrogen (secondary N) is 1. The summed E-state index contributed by atoms with van der Waals surface area (Å²) in [6, 6.07) is -0.880. The monoisotopic (exact) mass is 994 g/mol. The summed E-state index contributed by atoms with van der Waals surface area (Å²) in [5.74, 6) is -0.583. The van der Waals surface area contributed by atoms with E-state index in [1.165, 1.54) is 70.6 Å². The largest absolute Gasteiger partial charge is 0.472 e. The van der Waals surface area contributed by atoms with E-state index in [9.17, 15) is 19.0 Å². The zero-order chi connectivity index (χ0) is 51.5. The fourth-order valence-corrected chi connectivity index (χ4v) is 7.88. The molecular formula is C60H102N2O7P+. The molecule has 0 radical (unpaired) electrons. The third kappa shape index (κ3) is 49.4. The van der Waals surface area contributed by atoms with Crippen LogP contribution >= 0.6 is 7.82 Å². The first-order chi connectivity index (χ1) is 33.9. The summed E-state index contributed by atoms with van der Waals surface area (Å²) < 4.78 is 30.5. The van der Waals surface area contributed by atoms with E-state index in [-0.39, 0.29) is 31.5 Å². The number of likely N-dealkylation sites (N-methyl/N-ethyl adjacent to an activating group) is 1. The van der Waals surface area contributed by atoms with Gasteiger partial charge >= 0.3 is 13.8 Å². The van der Waals surface area contributed by atoms with Crippen LogP contribution in [0.3, 0.4) is 0 Å². The van der Waals surface area contributed by atoms with Gasteiger partial charge in [0.2, 0.25) is 5.91 Å². The first-order valence-corrected chi connectivity index (χ1v) is 29.0. The Morgan fingerprint density at radius 1 is 0.514 bits per heavy atom. The van der Waals surface area contributed by atoms with Crippen molar-refractivity contribution >= 4 is 19.7 Å². The van der Waals surface area contributed by atoms with Crippen LogP contribution in [0.5, 0.6) is 0 Å². The Morgan fingerprint density at radius 3 is 1.39 bits per heavy atom. The average Bonchev–Trinajstić information content (AvgIpc) is 3.32. The van der Waals surface area contributed by atoms with Crippen molar-refractivity contribution in [3.8, 4) is 0 Å². The summed E-state index contributed by atoms with van der Waals surface area (Å²) in [4.78, 5) is 37.5. The number of hydrogen-bond donors (Lipinski definition) is 2. The maximum atomic E-state index is 13.5. The van der Waals surface area contributed by atoms with Crippen molar-refractivity contribution in [2.75, 3.05) is 40.9 Å². The Bertz CT molecular complexity index is 1610. The predicted octanol–water partition coefficient (Wildman–Crippen LogP) is 16.4. The van der Waals surface area contributed by atoms with Crippen LogP contribution in [0, 0.1) is 0 Å². The lowest BCUT2D eigenvalue weighted by Gasteiger charge is -2.27. The molecule has 0 spiro atoms. The molecule has 3 unspecified atom stereocenters. The number of phosphoric ester groups is 1. The molecule has 3 atom stereocenters. The van der Waals surface area contributed by atoms with E-state index < -0.39 is 20.0 Å². The molecule has 0 rings (SSSR count). The molecule has 0 aliphatic carbocycles. The number of nitrogens with zero attached hydrogens (tertiary/aromatic N) is 1. The Balaban J connectivity index is 5.51. The van der Waals surface area contributed by atoms with Crippen LogP contribution in [-0.2, 0) is 27.9 Å². The van der Waals surface area contributed by atoms with Crippen LogP contribution < -0.4 is 5.32 Å². The van der Waals surface area contributed by atoms with E-state index in [0.29, 0.717) is 23.9 Å². The molecule has 0 aromatic carbocycles. The van der Waals surface area contributed by atoms with Gasteiger partial charge in [-0.1, -0.05) is 233 Å². The topological polar surface area (TPSA) is 111 Å². The highest BCUT2D eigenvalue weighted by atomic mass is 31.2. The normalized spacial score (nSPS) is 14.8. The van der Waals surface area contributed by atoms with E-state index in [1.807, 2.05) is 94.1 Å². The Hall–Kier alpha value is -3.59. The van der Waals surface area contributed by atoms with E-state index in [1.54, 1.807) is 0 Å². The van der Waals surface area contributed by atoms with Crippen LogP contribution in [0.2, 0.25) is 0 Å². The summed E-state index contributed by atoms with van der Waals surface area (Å²) in [7, 11) is 1.44. The zero-order valence-electron chi connectivity index (χ0n) is 45.2. The van der Waals surface area contributed by atoms with Gasteiger partial charge in [0.1, 0.15) is 19.3 Å². The summed E-state index contributed by atoms with van der Waals surface area (Å²) in [5.41, 5.74) is 0.